The first-order chi connectivity index (χ1) is 33.6. The minimum atomic E-state index is -4.46. The van der Waals surface area contributed by atoms with E-state index in [1.807, 2.05) is 0 Å². The van der Waals surface area contributed by atoms with Gasteiger partial charge in [-0.2, -0.15) is 8.61 Å². The molecular weight excluding hydrogens is 1060 g/mol. The van der Waals surface area contributed by atoms with Crippen LogP contribution < -0.4 is 16.0 Å². The zero-order valence-electron chi connectivity index (χ0n) is 36.5. The molecule has 8 rings (SSSR count). The Kier molecular flexibility index (Phi) is 15.2. The normalized spacial score (nSPS) is 16.0. The molecule has 6 aromatic rings. The Balaban J connectivity index is 1.04. The number of nitrogens with zero attached hydrogens (tertiary/aromatic N) is 4. The summed E-state index contributed by atoms with van der Waals surface area (Å²) in [5.74, 6) is -10.5. The Bertz CT molecular complexity index is 3340. The molecule has 71 heavy (non-hydrogen) atoms. The number of thiophene rings is 2. The van der Waals surface area contributed by atoms with Crippen LogP contribution in [0.1, 0.15) is 56.7 Å². The van der Waals surface area contributed by atoms with Gasteiger partial charge in [-0.3, -0.25) is 19.2 Å². The number of hydrogen-bond donors (Lipinski definition) is 2. The molecule has 4 aromatic carbocycles. The lowest BCUT2D eigenvalue weighted by atomic mass is 10.0. The summed E-state index contributed by atoms with van der Waals surface area (Å²) in [5.41, 5.74) is 4.93. The molecule has 2 saturated heterocycles. The van der Waals surface area contributed by atoms with E-state index in [4.69, 9.17) is 28.9 Å². The highest BCUT2D eigenvalue weighted by Crippen LogP contribution is 2.36. The highest BCUT2D eigenvalue weighted by molar-refractivity contribution is 7.91. The third kappa shape index (κ3) is 10.6. The fourth-order valence-corrected chi connectivity index (χ4v) is 14.2. The number of anilines is 1. The molecule has 0 bridgehead atoms. The van der Waals surface area contributed by atoms with Gasteiger partial charge in [0.25, 0.3) is 27.7 Å². The predicted octanol–water partition coefficient (Wildman–Crippen LogP) is 7.34. The van der Waals surface area contributed by atoms with E-state index in [1.54, 1.807) is 0 Å². The number of carbonyl (C=O) groups is 4. The molecule has 14 nitrogen and oxygen atoms in total. The van der Waals surface area contributed by atoms with Gasteiger partial charge in [0.15, 0.2) is 23.2 Å². The third-order valence-corrected chi connectivity index (χ3v) is 18.7. The Morgan fingerprint density at radius 3 is 2.14 bits per heavy atom. The lowest BCUT2D eigenvalue weighted by Crippen LogP contribution is -2.56. The van der Waals surface area contributed by atoms with Gasteiger partial charge in [-0.05, 0) is 84.4 Å². The van der Waals surface area contributed by atoms with Gasteiger partial charge in [0, 0.05) is 89.0 Å². The van der Waals surface area contributed by atoms with Crippen molar-refractivity contribution in [3.8, 4) is 0 Å². The summed E-state index contributed by atoms with van der Waals surface area (Å²) in [7, 11) is -8.62. The maximum Gasteiger partial charge on any atom is 0.258 e. The fraction of sp³-hybridized carbons (Fsp3) is 0.217. The number of sulfonamides is 2. The van der Waals surface area contributed by atoms with Gasteiger partial charge in [0.1, 0.15) is 21.9 Å². The number of hydrogen-bond acceptors (Lipinski definition) is 11. The summed E-state index contributed by atoms with van der Waals surface area (Å²) in [6.45, 7) is -1.07. The van der Waals surface area contributed by atoms with Crippen LogP contribution in [0, 0.1) is 29.1 Å². The van der Waals surface area contributed by atoms with Crippen molar-refractivity contribution in [2.24, 2.45) is 5.73 Å². The molecule has 3 amide bonds. The van der Waals surface area contributed by atoms with Crippen LogP contribution in [0.3, 0.4) is 0 Å². The predicted molar refractivity (Wildman–Crippen MR) is 256 cm³/mol. The van der Waals surface area contributed by atoms with Crippen LogP contribution in [0.4, 0.5) is 27.6 Å². The summed E-state index contributed by atoms with van der Waals surface area (Å²) in [6, 6.07) is 15.0. The Labute approximate surface area is 421 Å². The summed E-state index contributed by atoms with van der Waals surface area (Å²) in [5, 5.41) is 4.52. The van der Waals surface area contributed by atoms with Crippen LogP contribution in [-0.2, 0) is 33.0 Å². The zero-order chi connectivity index (χ0) is 51.1. The molecule has 0 aliphatic carbocycles. The van der Waals surface area contributed by atoms with Crippen molar-refractivity contribution < 1.29 is 58.0 Å². The van der Waals surface area contributed by atoms with E-state index in [-0.39, 0.29) is 101 Å². The number of ketones is 1. The number of Topliss-reactive ketones (excluding diaryl/α,β-unsaturated/α-hetero) is 1. The summed E-state index contributed by atoms with van der Waals surface area (Å²) in [6.07, 6.45) is -0.0631. The van der Waals surface area contributed by atoms with E-state index < -0.39 is 84.2 Å². The maximum absolute atomic E-state index is 14.7. The van der Waals surface area contributed by atoms with Gasteiger partial charge in [-0.25, -0.2) is 38.8 Å². The second-order valence-corrected chi connectivity index (χ2v) is 23.2. The number of rotatable bonds is 14. The van der Waals surface area contributed by atoms with E-state index >= 15 is 0 Å². The number of carbonyl (C=O) groups excluding carboxylic acids is 4. The molecule has 2 aliphatic heterocycles. The first kappa shape index (κ1) is 51.7. The number of nitrogens with one attached hydrogen (secondary N) is 1. The number of piperazine rings is 2. The van der Waals surface area contributed by atoms with Crippen molar-refractivity contribution >= 4 is 95.1 Å². The first-order valence-corrected chi connectivity index (χ1v) is 26.5. The van der Waals surface area contributed by atoms with Crippen LogP contribution >= 0.6 is 45.9 Å². The average molecular weight is 1100 g/mol. The Hall–Kier alpha value is -5.63. The zero-order valence-corrected chi connectivity index (χ0v) is 41.3. The monoisotopic (exact) mass is 1090 g/mol. The fourth-order valence-electron chi connectivity index (χ4n) is 8.01. The Morgan fingerprint density at radius 1 is 0.746 bits per heavy atom. The molecule has 25 heteroatoms. The minimum Gasteiger partial charge on any atom is -0.366 e. The highest BCUT2D eigenvalue weighted by atomic mass is 35.5. The molecule has 1 atom stereocenters. The van der Waals surface area contributed by atoms with Crippen molar-refractivity contribution in [2.45, 2.75) is 28.1 Å². The lowest BCUT2D eigenvalue weighted by Gasteiger charge is -2.34. The number of benzene rings is 4. The van der Waals surface area contributed by atoms with E-state index in [1.165, 1.54) is 69.8 Å². The lowest BCUT2D eigenvalue weighted by molar-refractivity contribution is 0.0692. The summed E-state index contributed by atoms with van der Waals surface area (Å²) in [4.78, 5) is 57.0. The van der Waals surface area contributed by atoms with Crippen molar-refractivity contribution in [3.63, 3.8) is 0 Å². The highest BCUT2D eigenvalue weighted by Gasteiger charge is 2.40. The SMILES string of the molecule is NC(=O)c1cc(Cc2cc(S(=O)(=O)N3CCNCC3C(=O)c3ccc(F)c(F)c3F)cs2)c(Cl)cc1N(Cc1ccc(S(=O)(=O)N2CCN(C(=O)c3ccc(F)cc3F)CC2)s1)C(=O)c1ccc(Cl)cc1. The Morgan fingerprint density at radius 2 is 1.45 bits per heavy atom. The first-order valence-electron chi connectivity index (χ1n) is 21.2. The molecule has 0 saturated carbocycles. The molecule has 4 heterocycles. The second kappa shape index (κ2) is 20.8. The van der Waals surface area contributed by atoms with Crippen molar-refractivity contribution in [1.29, 1.82) is 0 Å². The van der Waals surface area contributed by atoms with Gasteiger partial charge < -0.3 is 20.9 Å². The molecule has 372 valence electrons. The smallest absolute Gasteiger partial charge is 0.258 e. The molecule has 3 N–H and O–H groups in total. The molecule has 2 aromatic heterocycles. The number of nitrogens with two attached hydrogens (primary N) is 1. The van der Waals surface area contributed by atoms with Gasteiger partial charge in [-0.15, -0.1) is 22.7 Å². The van der Waals surface area contributed by atoms with Crippen molar-refractivity contribution in [2.75, 3.05) is 50.7 Å². The van der Waals surface area contributed by atoms with Crippen LogP contribution in [0.5, 0.6) is 0 Å². The van der Waals surface area contributed by atoms with Gasteiger partial charge >= 0.3 is 0 Å². The van der Waals surface area contributed by atoms with E-state index in [9.17, 15) is 58.0 Å². The summed E-state index contributed by atoms with van der Waals surface area (Å²) >= 11 is 14.8. The molecule has 0 spiro atoms. The van der Waals surface area contributed by atoms with Crippen LogP contribution in [0.25, 0.3) is 0 Å². The van der Waals surface area contributed by atoms with Crippen LogP contribution in [0.2, 0.25) is 10.0 Å². The third-order valence-electron chi connectivity index (χ3n) is 11.7. The number of primary amides is 1. The molecule has 1 unspecified atom stereocenters. The number of halogens is 7. The van der Waals surface area contributed by atoms with E-state index in [0.717, 1.165) is 49.5 Å². The average Bonchev–Trinajstić information content (AvgIpc) is 4.04. The van der Waals surface area contributed by atoms with Gasteiger partial charge in [0.05, 0.1) is 33.8 Å². The molecule has 2 fully saturated rings. The number of amides is 3. The standard InChI is InChI=1S/C46H37Cl2F5N6O8S4/c47-27-3-1-25(2-4-27)45(62)58(23-29-6-10-40(69-29)71(66,67)57-15-13-56(14-16-57)46(63)32-7-5-28(49)19-37(32)51)38-21-35(48)26(18-34(38)44(54)61)17-30-20-31(24-68-30)70(64,65)59-12-11-55-22-39(59)43(60)33-8-9-36(50)42(53)41(33)52/h1-10,18-21,24,39,55H,11-17,22-23H2,(H2,54,61). The summed E-state index contributed by atoms with van der Waals surface area (Å²) < 4.78 is 128. The van der Waals surface area contributed by atoms with Crippen molar-refractivity contribution in [1.82, 2.24) is 18.8 Å². The van der Waals surface area contributed by atoms with E-state index in [0.29, 0.717) is 26.9 Å². The quantitative estimate of drug-likeness (QED) is 0.0640. The minimum absolute atomic E-state index is 0.0206. The second-order valence-electron chi connectivity index (χ2n) is 16.1. The van der Waals surface area contributed by atoms with Gasteiger partial charge in [-0.1, -0.05) is 23.2 Å². The van der Waals surface area contributed by atoms with Gasteiger partial charge in [0.2, 0.25) is 10.0 Å². The van der Waals surface area contributed by atoms with Crippen LogP contribution in [0.15, 0.2) is 99.4 Å². The largest absolute Gasteiger partial charge is 0.366 e. The van der Waals surface area contributed by atoms with E-state index in [2.05, 4.69) is 5.32 Å². The maximum atomic E-state index is 14.7. The van der Waals surface area contributed by atoms with Crippen molar-refractivity contribution in [3.05, 3.63) is 167 Å². The molecule has 2 aliphatic rings. The molecule has 0 radical (unpaired) electrons. The topological polar surface area (TPSA) is 188 Å². The van der Waals surface area contributed by atoms with Crippen LogP contribution in [-0.4, -0.2) is 106 Å². The molecular formula is C46H37Cl2F5N6O8S4.